The summed E-state index contributed by atoms with van der Waals surface area (Å²) in [6, 6.07) is 0. The minimum absolute atomic E-state index is 0.398. The first-order valence-electron chi connectivity index (χ1n) is 3.15. The van der Waals surface area contributed by atoms with Crippen LogP contribution in [-0.4, -0.2) is 14.8 Å². The van der Waals surface area contributed by atoms with Gasteiger partial charge in [0.15, 0.2) is 5.82 Å². The van der Waals surface area contributed by atoms with Crippen molar-refractivity contribution in [3.8, 4) is 0 Å². The zero-order chi connectivity index (χ0) is 7.78. The van der Waals surface area contributed by atoms with Crippen LogP contribution >= 0.6 is 0 Å². The van der Waals surface area contributed by atoms with Gasteiger partial charge in [0.05, 0.1) is 5.54 Å². The molecule has 0 atom stereocenters. The Kier molecular flexibility index (Phi) is 1.48. The quantitative estimate of drug-likeness (QED) is 0.597. The van der Waals surface area contributed by atoms with Gasteiger partial charge in [-0.1, -0.05) is 0 Å². The van der Waals surface area contributed by atoms with Gasteiger partial charge >= 0.3 is 0 Å². The Morgan fingerprint density at radius 1 is 1.60 bits per heavy atom. The number of nitrogens with zero attached hydrogens (tertiary/aromatic N) is 3. The highest BCUT2D eigenvalue weighted by atomic mass is 15.3. The van der Waals surface area contributed by atoms with Gasteiger partial charge in [0.1, 0.15) is 6.33 Å². The summed E-state index contributed by atoms with van der Waals surface area (Å²) in [5.41, 5.74) is 5.38. The van der Waals surface area contributed by atoms with Gasteiger partial charge in [-0.2, -0.15) is 0 Å². The summed E-state index contributed by atoms with van der Waals surface area (Å²) >= 11 is 0. The second-order valence-electron chi connectivity index (χ2n) is 2.99. The van der Waals surface area contributed by atoms with Crippen molar-refractivity contribution in [2.24, 2.45) is 12.8 Å². The van der Waals surface area contributed by atoms with Crippen LogP contribution in [0.4, 0.5) is 0 Å². The van der Waals surface area contributed by atoms with Crippen molar-refractivity contribution in [1.29, 1.82) is 0 Å². The van der Waals surface area contributed by atoms with Gasteiger partial charge in [-0.15, -0.1) is 10.2 Å². The molecule has 0 saturated heterocycles. The molecule has 0 spiro atoms. The Morgan fingerprint density at radius 3 is 2.40 bits per heavy atom. The third-order valence-electron chi connectivity index (χ3n) is 1.29. The van der Waals surface area contributed by atoms with Crippen LogP contribution in [-0.2, 0) is 12.6 Å². The summed E-state index contributed by atoms with van der Waals surface area (Å²) in [5, 5.41) is 7.60. The maximum absolute atomic E-state index is 5.78. The van der Waals surface area contributed by atoms with Crippen LogP contribution in [0.25, 0.3) is 0 Å². The molecule has 0 unspecified atom stereocenters. The molecule has 0 radical (unpaired) electrons. The monoisotopic (exact) mass is 140 g/mol. The van der Waals surface area contributed by atoms with E-state index in [2.05, 4.69) is 10.2 Å². The van der Waals surface area contributed by atoms with Gasteiger partial charge in [0.25, 0.3) is 0 Å². The van der Waals surface area contributed by atoms with E-state index in [4.69, 9.17) is 5.73 Å². The average Bonchev–Trinajstić information content (AvgIpc) is 2.11. The Morgan fingerprint density at radius 2 is 2.20 bits per heavy atom. The normalized spacial score (nSPS) is 12.0. The van der Waals surface area contributed by atoms with Crippen LogP contribution in [0.15, 0.2) is 6.33 Å². The second kappa shape index (κ2) is 2.05. The summed E-state index contributed by atoms with van der Waals surface area (Å²) < 4.78 is 1.82. The van der Waals surface area contributed by atoms with Crippen molar-refractivity contribution in [1.82, 2.24) is 14.8 Å². The molecule has 0 amide bonds. The Bertz CT molecular complexity index is 220. The molecule has 1 rings (SSSR count). The first kappa shape index (κ1) is 7.21. The van der Waals surface area contributed by atoms with E-state index in [1.54, 1.807) is 6.33 Å². The van der Waals surface area contributed by atoms with E-state index < -0.39 is 5.54 Å². The van der Waals surface area contributed by atoms with Crippen LogP contribution in [0.1, 0.15) is 19.7 Å². The molecule has 1 aromatic heterocycles. The van der Waals surface area contributed by atoms with Crippen molar-refractivity contribution in [3.63, 3.8) is 0 Å². The third-order valence-corrected chi connectivity index (χ3v) is 1.29. The summed E-state index contributed by atoms with van der Waals surface area (Å²) in [6.45, 7) is 3.80. The fourth-order valence-electron chi connectivity index (χ4n) is 0.867. The highest BCUT2D eigenvalue weighted by Crippen LogP contribution is 2.11. The number of hydrogen-bond acceptors (Lipinski definition) is 3. The summed E-state index contributed by atoms with van der Waals surface area (Å²) in [5.74, 6) is 0.799. The van der Waals surface area contributed by atoms with Crippen LogP contribution in [0, 0.1) is 0 Å². The number of hydrogen-bond donors (Lipinski definition) is 1. The summed E-state index contributed by atoms with van der Waals surface area (Å²) in [4.78, 5) is 0. The van der Waals surface area contributed by atoms with E-state index in [1.807, 2.05) is 25.5 Å². The molecule has 10 heavy (non-hydrogen) atoms. The smallest absolute Gasteiger partial charge is 0.152 e. The highest BCUT2D eigenvalue weighted by Gasteiger charge is 2.19. The second-order valence-corrected chi connectivity index (χ2v) is 2.99. The lowest BCUT2D eigenvalue weighted by molar-refractivity contribution is 0.492. The molecular formula is C6H12N4. The molecule has 1 heterocycles. The molecule has 1 aromatic rings. The number of aromatic nitrogens is 3. The summed E-state index contributed by atoms with van der Waals surface area (Å²) in [6.07, 6.45) is 1.64. The maximum atomic E-state index is 5.78. The largest absolute Gasteiger partial charge is 0.319 e. The zero-order valence-corrected chi connectivity index (χ0v) is 6.50. The van der Waals surface area contributed by atoms with Crippen molar-refractivity contribution in [2.75, 3.05) is 0 Å². The van der Waals surface area contributed by atoms with E-state index in [-0.39, 0.29) is 0 Å². The third kappa shape index (κ3) is 1.16. The lowest BCUT2D eigenvalue weighted by Crippen LogP contribution is -2.32. The Hall–Kier alpha value is -0.900. The molecule has 0 aliphatic heterocycles. The van der Waals surface area contributed by atoms with Crippen LogP contribution in [0.5, 0.6) is 0 Å². The molecule has 0 fully saturated rings. The molecule has 0 aliphatic carbocycles. The first-order valence-corrected chi connectivity index (χ1v) is 3.15. The average molecular weight is 140 g/mol. The topological polar surface area (TPSA) is 56.7 Å². The van der Waals surface area contributed by atoms with Crippen molar-refractivity contribution in [3.05, 3.63) is 12.2 Å². The minimum atomic E-state index is -0.398. The molecule has 0 saturated carbocycles. The van der Waals surface area contributed by atoms with E-state index in [0.717, 1.165) is 5.82 Å². The van der Waals surface area contributed by atoms with Crippen LogP contribution in [0.2, 0.25) is 0 Å². The van der Waals surface area contributed by atoms with Crippen LogP contribution < -0.4 is 5.73 Å². The van der Waals surface area contributed by atoms with E-state index >= 15 is 0 Å². The predicted molar refractivity (Wildman–Crippen MR) is 38.2 cm³/mol. The van der Waals surface area contributed by atoms with Crippen molar-refractivity contribution < 1.29 is 0 Å². The number of nitrogens with two attached hydrogens (primary N) is 1. The molecule has 56 valence electrons. The lowest BCUT2D eigenvalue weighted by atomic mass is 10.1. The predicted octanol–water partition coefficient (Wildman–Crippen LogP) is 0.00890. The van der Waals surface area contributed by atoms with Gasteiger partial charge in [0.2, 0.25) is 0 Å². The zero-order valence-electron chi connectivity index (χ0n) is 6.50. The van der Waals surface area contributed by atoms with Gasteiger partial charge in [0, 0.05) is 7.05 Å². The number of rotatable bonds is 1. The van der Waals surface area contributed by atoms with Gasteiger partial charge in [-0.3, -0.25) is 0 Å². The molecule has 4 heteroatoms. The first-order chi connectivity index (χ1) is 4.52. The minimum Gasteiger partial charge on any atom is -0.319 e. The molecule has 4 nitrogen and oxygen atoms in total. The van der Waals surface area contributed by atoms with Gasteiger partial charge in [-0.25, -0.2) is 0 Å². The van der Waals surface area contributed by atoms with Gasteiger partial charge in [-0.05, 0) is 13.8 Å². The molecular weight excluding hydrogens is 128 g/mol. The molecule has 0 aliphatic rings. The standard InChI is InChI=1S/C6H12N4/c1-6(2,7)5-9-8-4-10(5)3/h4H,7H2,1-3H3. The van der Waals surface area contributed by atoms with Crippen LogP contribution in [0.3, 0.4) is 0 Å². The van der Waals surface area contributed by atoms with Crippen molar-refractivity contribution in [2.45, 2.75) is 19.4 Å². The fraction of sp³-hybridized carbons (Fsp3) is 0.667. The maximum Gasteiger partial charge on any atom is 0.152 e. The molecule has 2 N–H and O–H groups in total. The fourth-order valence-corrected chi connectivity index (χ4v) is 0.867. The number of aryl methyl sites for hydroxylation is 1. The summed E-state index contributed by atoms with van der Waals surface area (Å²) in [7, 11) is 1.88. The lowest BCUT2D eigenvalue weighted by Gasteiger charge is -2.16. The van der Waals surface area contributed by atoms with Crippen molar-refractivity contribution >= 4 is 0 Å². The van der Waals surface area contributed by atoms with E-state index in [0.29, 0.717) is 0 Å². The Balaban J connectivity index is 3.05. The highest BCUT2D eigenvalue weighted by molar-refractivity contribution is 4.98. The SMILES string of the molecule is Cn1cnnc1C(C)(C)N. The Labute approximate surface area is 60.1 Å². The molecule has 0 aromatic carbocycles. The van der Waals surface area contributed by atoms with E-state index in [9.17, 15) is 0 Å². The van der Waals surface area contributed by atoms with E-state index in [1.165, 1.54) is 0 Å². The van der Waals surface area contributed by atoms with Gasteiger partial charge < -0.3 is 10.3 Å². The molecule has 0 bridgehead atoms.